The van der Waals surface area contributed by atoms with Crippen molar-refractivity contribution in [1.29, 1.82) is 0 Å². The number of carbonyl (C=O) groups is 1. The number of rotatable bonds is 2. The maximum atomic E-state index is 12.6. The fourth-order valence-corrected chi connectivity index (χ4v) is 3.90. The molecule has 2 aliphatic rings. The van der Waals surface area contributed by atoms with E-state index in [2.05, 4.69) is 16.8 Å². The molecule has 1 amide bonds. The molecule has 0 N–H and O–H groups in total. The SMILES string of the molecule is Cc1cc(C(=O)N2CCN(C3=NC[C@H](C)S3)CC2)ccc1[N+](=O)[O-]. The van der Waals surface area contributed by atoms with Gasteiger partial charge in [-0.05, 0) is 19.1 Å². The van der Waals surface area contributed by atoms with Crippen molar-refractivity contribution < 1.29 is 9.72 Å². The summed E-state index contributed by atoms with van der Waals surface area (Å²) >= 11 is 1.79. The van der Waals surface area contributed by atoms with Crippen LogP contribution in [0.25, 0.3) is 0 Å². The smallest absolute Gasteiger partial charge is 0.272 e. The van der Waals surface area contributed by atoms with Gasteiger partial charge in [0.15, 0.2) is 5.17 Å². The first-order valence-electron chi connectivity index (χ1n) is 7.96. The van der Waals surface area contributed by atoms with Gasteiger partial charge < -0.3 is 9.80 Å². The number of nitrogens with zero attached hydrogens (tertiary/aromatic N) is 4. The van der Waals surface area contributed by atoms with Crippen LogP contribution in [-0.4, -0.2) is 63.8 Å². The zero-order valence-electron chi connectivity index (χ0n) is 13.8. The van der Waals surface area contributed by atoms with Crippen molar-refractivity contribution in [2.24, 2.45) is 4.99 Å². The molecular weight excluding hydrogens is 328 g/mol. The Balaban J connectivity index is 1.63. The molecule has 0 saturated carbocycles. The van der Waals surface area contributed by atoms with Crippen molar-refractivity contribution in [3.8, 4) is 0 Å². The molecule has 1 aromatic carbocycles. The van der Waals surface area contributed by atoms with E-state index < -0.39 is 4.92 Å². The van der Waals surface area contributed by atoms with Crippen molar-refractivity contribution in [3.63, 3.8) is 0 Å². The summed E-state index contributed by atoms with van der Waals surface area (Å²) in [5.41, 5.74) is 1.06. The molecule has 0 spiro atoms. The molecule has 128 valence electrons. The fraction of sp³-hybridized carbons (Fsp3) is 0.500. The average molecular weight is 348 g/mol. The summed E-state index contributed by atoms with van der Waals surface area (Å²) in [5.74, 6) is -0.0676. The number of nitro groups is 1. The number of thioether (sulfide) groups is 1. The fourth-order valence-electron chi connectivity index (χ4n) is 2.91. The van der Waals surface area contributed by atoms with Gasteiger partial charge in [0.2, 0.25) is 0 Å². The first-order valence-corrected chi connectivity index (χ1v) is 8.84. The Bertz CT molecular complexity index is 699. The lowest BCUT2D eigenvalue weighted by atomic mass is 10.1. The second-order valence-electron chi connectivity index (χ2n) is 6.09. The third-order valence-electron chi connectivity index (χ3n) is 4.27. The van der Waals surface area contributed by atoms with E-state index in [-0.39, 0.29) is 11.6 Å². The number of amidine groups is 1. The molecule has 0 unspecified atom stereocenters. The molecular formula is C16H20N4O3S. The second-order valence-corrected chi connectivity index (χ2v) is 7.49. The highest BCUT2D eigenvalue weighted by Crippen LogP contribution is 2.24. The van der Waals surface area contributed by atoms with E-state index in [1.54, 1.807) is 35.7 Å². The molecule has 2 heterocycles. The molecule has 1 aromatic rings. The van der Waals surface area contributed by atoms with Crippen molar-refractivity contribution in [3.05, 3.63) is 39.4 Å². The third kappa shape index (κ3) is 3.38. The minimum absolute atomic E-state index is 0.0433. The van der Waals surface area contributed by atoms with Gasteiger partial charge in [0.25, 0.3) is 11.6 Å². The largest absolute Gasteiger partial charge is 0.348 e. The van der Waals surface area contributed by atoms with Gasteiger partial charge in [0.05, 0.1) is 11.5 Å². The van der Waals surface area contributed by atoms with Crippen LogP contribution in [0.1, 0.15) is 22.8 Å². The Kier molecular flexibility index (Phi) is 4.75. The lowest BCUT2D eigenvalue weighted by Crippen LogP contribution is -2.49. The highest BCUT2D eigenvalue weighted by atomic mass is 32.2. The van der Waals surface area contributed by atoms with E-state index in [4.69, 9.17) is 0 Å². The van der Waals surface area contributed by atoms with E-state index in [1.807, 2.05) is 0 Å². The van der Waals surface area contributed by atoms with Gasteiger partial charge in [-0.1, -0.05) is 18.7 Å². The lowest BCUT2D eigenvalue weighted by molar-refractivity contribution is -0.385. The van der Waals surface area contributed by atoms with Crippen LogP contribution in [0, 0.1) is 17.0 Å². The number of aryl methyl sites for hydroxylation is 1. The quantitative estimate of drug-likeness (QED) is 0.604. The van der Waals surface area contributed by atoms with Crippen LogP contribution in [0.5, 0.6) is 0 Å². The molecule has 7 nitrogen and oxygen atoms in total. The Morgan fingerprint density at radius 1 is 1.33 bits per heavy atom. The molecule has 2 aliphatic heterocycles. The number of hydrogen-bond acceptors (Lipinski definition) is 6. The van der Waals surface area contributed by atoms with E-state index >= 15 is 0 Å². The number of amides is 1. The van der Waals surface area contributed by atoms with Gasteiger partial charge in [-0.15, -0.1) is 0 Å². The number of piperazine rings is 1. The maximum Gasteiger partial charge on any atom is 0.272 e. The number of benzene rings is 1. The summed E-state index contributed by atoms with van der Waals surface area (Å²) in [7, 11) is 0. The van der Waals surface area contributed by atoms with Crippen LogP contribution in [-0.2, 0) is 0 Å². The summed E-state index contributed by atoms with van der Waals surface area (Å²) in [6, 6.07) is 4.55. The van der Waals surface area contributed by atoms with Crippen molar-refractivity contribution in [2.45, 2.75) is 19.1 Å². The Hall–Kier alpha value is -2.09. The van der Waals surface area contributed by atoms with Crippen molar-refractivity contribution in [1.82, 2.24) is 9.80 Å². The summed E-state index contributed by atoms with van der Waals surface area (Å²) in [4.78, 5) is 31.7. The predicted molar refractivity (Wildman–Crippen MR) is 94.7 cm³/mol. The highest BCUT2D eigenvalue weighted by Gasteiger charge is 2.27. The Labute approximate surface area is 144 Å². The zero-order chi connectivity index (χ0) is 17.3. The monoisotopic (exact) mass is 348 g/mol. The van der Waals surface area contributed by atoms with Crippen LogP contribution in [0.4, 0.5) is 5.69 Å². The zero-order valence-corrected chi connectivity index (χ0v) is 14.6. The lowest BCUT2D eigenvalue weighted by Gasteiger charge is -2.35. The maximum absolute atomic E-state index is 12.6. The van der Waals surface area contributed by atoms with Gasteiger partial charge >= 0.3 is 0 Å². The van der Waals surface area contributed by atoms with Crippen LogP contribution < -0.4 is 0 Å². The van der Waals surface area contributed by atoms with E-state index in [0.717, 1.165) is 24.8 Å². The van der Waals surface area contributed by atoms with E-state index in [0.29, 0.717) is 29.5 Å². The standard InChI is InChI=1S/C16H20N4O3S/c1-11-9-13(3-4-14(11)20(22)23)15(21)18-5-7-19(8-6-18)16-17-10-12(2)24-16/h3-4,9,12H,5-8,10H2,1-2H3/t12-/m0/s1. The molecule has 0 bridgehead atoms. The molecule has 1 saturated heterocycles. The first kappa shape index (κ1) is 16.8. The topological polar surface area (TPSA) is 79.0 Å². The minimum Gasteiger partial charge on any atom is -0.348 e. The molecule has 3 rings (SSSR count). The number of carbonyl (C=O) groups excluding carboxylic acids is 1. The molecule has 0 radical (unpaired) electrons. The minimum atomic E-state index is -0.427. The number of aliphatic imine (C=N–C) groups is 1. The highest BCUT2D eigenvalue weighted by molar-refractivity contribution is 8.14. The number of nitro benzene ring substituents is 1. The molecule has 0 aromatic heterocycles. The van der Waals surface area contributed by atoms with E-state index in [1.165, 1.54) is 6.07 Å². The Morgan fingerprint density at radius 3 is 2.58 bits per heavy atom. The molecule has 0 aliphatic carbocycles. The molecule has 1 atom stereocenters. The molecule has 8 heteroatoms. The van der Waals surface area contributed by atoms with Gasteiger partial charge in [0, 0.05) is 48.6 Å². The van der Waals surface area contributed by atoms with Crippen molar-refractivity contribution in [2.75, 3.05) is 32.7 Å². The third-order valence-corrected chi connectivity index (χ3v) is 5.42. The van der Waals surface area contributed by atoms with Gasteiger partial charge in [-0.3, -0.25) is 19.9 Å². The van der Waals surface area contributed by atoms with Crippen LogP contribution in [0.3, 0.4) is 0 Å². The van der Waals surface area contributed by atoms with Crippen LogP contribution >= 0.6 is 11.8 Å². The summed E-state index contributed by atoms with van der Waals surface area (Å²) in [5, 5.41) is 12.5. The summed E-state index contributed by atoms with van der Waals surface area (Å²) in [6.07, 6.45) is 0. The second kappa shape index (κ2) is 6.80. The molecule has 1 fully saturated rings. The molecule has 24 heavy (non-hydrogen) atoms. The average Bonchev–Trinajstić information content (AvgIpc) is 3.00. The Morgan fingerprint density at radius 2 is 2.04 bits per heavy atom. The number of hydrogen-bond donors (Lipinski definition) is 0. The van der Waals surface area contributed by atoms with Crippen LogP contribution in [0.15, 0.2) is 23.2 Å². The first-order chi connectivity index (χ1) is 11.5. The van der Waals surface area contributed by atoms with Crippen LogP contribution in [0.2, 0.25) is 0 Å². The predicted octanol–water partition coefficient (Wildman–Crippen LogP) is 2.15. The summed E-state index contributed by atoms with van der Waals surface area (Å²) < 4.78 is 0. The van der Waals surface area contributed by atoms with E-state index in [9.17, 15) is 14.9 Å². The van der Waals surface area contributed by atoms with Gasteiger partial charge in [0.1, 0.15) is 0 Å². The van der Waals surface area contributed by atoms with Gasteiger partial charge in [-0.2, -0.15) is 0 Å². The summed E-state index contributed by atoms with van der Waals surface area (Å²) in [6.45, 7) is 7.51. The van der Waals surface area contributed by atoms with Gasteiger partial charge in [-0.25, -0.2) is 0 Å². The van der Waals surface area contributed by atoms with Crippen molar-refractivity contribution >= 4 is 28.5 Å². The normalized spacial score (nSPS) is 20.9.